The van der Waals surface area contributed by atoms with E-state index in [2.05, 4.69) is 5.10 Å². The lowest BCUT2D eigenvalue weighted by molar-refractivity contribution is 0.744. The molecule has 0 atom stereocenters. The molecule has 0 saturated carbocycles. The van der Waals surface area contributed by atoms with Gasteiger partial charge in [-0.2, -0.15) is 0 Å². The number of nitrogens with two attached hydrogens (primary N) is 1. The molecule has 0 spiro atoms. The SMILES string of the molecule is Cn1c(=NN)n(C)c2cc(Cl)ccc21. The predicted octanol–water partition coefficient (Wildman–Crippen LogP) is 0.945. The number of hydrogen-bond acceptors (Lipinski definition) is 2. The third kappa shape index (κ3) is 1.11. The number of hydrogen-bond donors (Lipinski definition) is 1. The van der Waals surface area contributed by atoms with Crippen LogP contribution in [0.3, 0.4) is 0 Å². The summed E-state index contributed by atoms with van der Waals surface area (Å²) in [5.74, 6) is 5.30. The fraction of sp³-hybridized carbons (Fsp3) is 0.222. The Labute approximate surface area is 86.2 Å². The standard InChI is InChI=1S/C9H11ClN4/c1-13-7-4-3-6(10)5-8(7)14(2)9(13)12-11/h3-5H,11H2,1-2H3. The van der Waals surface area contributed by atoms with Gasteiger partial charge in [-0.1, -0.05) is 11.6 Å². The van der Waals surface area contributed by atoms with Crippen molar-refractivity contribution >= 4 is 22.6 Å². The van der Waals surface area contributed by atoms with Crippen molar-refractivity contribution in [2.24, 2.45) is 25.0 Å². The largest absolute Gasteiger partial charge is 0.320 e. The molecule has 1 aromatic carbocycles. The zero-order valence-electron chi connectivity index (χ0n) is 8.03. The lowest BCUT2D eigenvalue weighted by Gasteiger charge is -1.94. The van der Waals surface area contributed by atoms with E-state index in [1.54, 1.807) is 0 Å². The number of aromatic nitrogens is 2. The molecule has 2 N–H and O–H groups in total. The normalized spacial score (nSPS) is 12.6. The van der Waals surface area contributed by atoms with Gasteiger partial charge in [0.2, 0.25) is 5.62 Å². The maximum Gasteiger partial charge on any atom is 0.227 e. The first-order valence-electron chi connectivity index (χ1n) is 4.20. The Bertz CT molecular complexity index is 550. The number of rotatable bonds is 0. The van der Waals surface area contributed by atoms with Crippen molar-refractivity contribution in [2.75, 3.05) is 0 Å². The van der Waals surface area contributed by atoms with E-state index in [1.165, 1.54) is 0 Å². The Morgan fingerprint density at radius 3 is 2.50 bits per heavy atom. The van der Waals surface area contributed by atoms with Gasteiger partial charge >= 0.3 is 0 Å². The van der Waals surface area contributed by atoms with Gasteiger partial charge in [0.25, 0.3) is 0 Å². The predicted molar refractivity (Wildman–Crippen MR) is 56.7 cm³/mol. The molecular weight excluding hydrogens is 200 g/mol. The zero-order chi connectivity index (χ0) is 10.3. The van der Waals surface area contributed by atoms with Crippen LogP contribution in [-0.4, -0.2) is 9.13 Å². The Hall–Kier alpha value is -1.42. The molecule has 1 heterocycles. The third-order valence-electron chi connectivity index (χ3n) is 2.38. The van der Waals surface area contributed by atoms with Gasteiger partial charge in [0.05, 0.1) is 11.0 Å². The van der Waals surface area contributed by atoms with Crippen LogP contribution in [0.1, 0.15) is 0 Å². The number of benzene rings is 1. The minimum Gasteiger partial charge on any atom is -0.320 e. The van der Waals surface area contributed by atoms with Crippen LogP contribution in [0.2, 0.25) is 5.02 Å². The molecule has 0 radical (unpaired) electrons. The first-order chi connectivity index (χ1) is 6.65. The van der Waals surface area contributed by atoms with Crippen LogP contribution < -0.4 is 11.5 Å². The summed E-state index contributed by atoms with van der Waals surface area (Å²) in [7, 11) is 3.83. The van der Waals surface area contributed by atoms with Crippen LogP contribution in [0.5, 0.6) is 0 Å². The molecule has 0 saturated heterocycles. The second kappa shape index (κ2) is 3.06. The second-order valence-electron chi connectivity index (χ2n) is 3.18. The number of fused-ring (bicyclic) bond motifs is 1. The Balaban J connectivity index is 3.02. The Morgan fingerprint density at radius 2 is 1.86 bits per heavy atom. The maximum absolute atomic E-state index is 5.91. The smallest absolute Gasteiger partial charge is 0.227 e. The number of halogens is 1. The molecule has 0 aliphatic carbocycles. The zero-order valence-corrected chi connectivity index (χ0v) is 8.78. The van der Waals surface area contributed by atoms with Crippen molar-refractivity contribution in [2.45, 2.75) is 0 Å². The molecule has 0 fully saturated rings. The first kappa shape index (κ1) is 9.15. The van der Waals surface area contributed by atoms with E-state index in [1.807, 2.05) is 41.4 Å². The van der Waals surface area contributed by atoms with E-state index >= 15 is 0 Å². The van der Waals surface area contributed by atoms with Crippen LogP contribution in [0.25, 0.3) is 11.0 Å². The van der Waals surface area contributed by atoms with Crippen LogP contribution >= 0.6 is 11.6 Å². The minimum absolute atomic E-state index is 0.710. The summed E-state index contributed by atoms with van der Waals surface area (Å²) in [6, 6.07) is 5.70. The van der Waals surface area contributed by atoms with Crippen LogP contribution in [-0.2, 0) is 14.1 Å². The molecule has 2 aromatic rings. The molecule has 1 aromatic heterocycles. The van der Waals surface area contributed by atoms with Crippen molar-refractivity contribution in [1.29, 1.82) is 0 Å². The van der Waals surface area contributed by atoms with Gasteiger partial charge in [-0.05, 0) is 18.2 Å². The van der Waals surface area contributed by atoms with Crippen molar-refractivity contribution in [1.82, 2.24) is 9.13 Å². The molecule has 0 aliphatic rings. The van der Waals surface area contributed by atoms with E-state index < -0.39 is 0 Å². The molecule has 0 aliphatic heterocycles. The summed E-state index contributed by atoms with van der Waals surface area (Å²) in [5, 5.41) is 4.43. The highest BCUT2D eigenvalue weighted by molar-refractivity contribution is 6.31. The van der Waals surface area contributed by atoms with Crippen LogP contribution in [0.15, 0.2) is 23.3 Å². The quantitative estimate of drug-likeness (QED) is 0.511. The van der Waals surface area contributed by atoms with Crippen molar-refractivity contribution in [3.63, 3.8) is 0 Å². The van der Waals surface area contributed by atoms with E-state index in [-0.39, 0.29) is 0 Å². The topological polar surface area (TPSA) is 48.2 Å². The summed E-state index contributed by atoms with van der Waals surface area (Å²) in [6.45, 7) is 0. The van der Waals surface area contributed by atoms with Crippen molar-refractivity contribution < 1.29 is 0 Å². The van der Waals surface area contributed by atoms with Crippen molar-refractivity contribution in [3.8, 4) is 0 Å². The maximum atomic E-state index is 5.91. The van der Waals surface area contributed by atoms with Gasteiger partial charge < -0.3 is 15.0 Å². The molecule has 74 valence electrons. The fourth-order valence-corrected chi connectivity index (χ4v) is 1.83. The summed E-state index contributed by atoms with van der Waals surface area (Å²) >= 11 is 5.91. The molecule has 2 rings (SSSR count). The number of imidazole rings is 1. The molecule has 14 heavy (non-hydrogen) atoms. The van der Waals surface area contributed by atoms with Gasteiger partial charge in [0.15, 0.2) is 0 Å². The summed E-state index contributed by atoms with van der Waals surface area (Å²) in [5.41, 5.74) is 2.78. The van der Waals surface area contributed by atoms with E-state index in [4.69, 9.17) is 17.4 Å². The van der Waals surface area contributed by atoms with Gasteiger partial charge in [0.1, 0.15) is 0 Å². The molecule has 0 bridgehead atoms. The monoisotopic (exact) mass is 210 g/mol. The van der Waals surface area contributed by atoms with Crippen molar-refractivity contribution in [3.05, 3.63) is 28.8 Å². The number of nitrogens with zero attached hydrogens (tertiary/aromatic N) is 3. The fourth-order valence-electron chi connectivity index (χ4n) is 1.66. The lowest BCUT2D eigenvalue weighted by Crippen LogP contribution is -2.23. The minimum atomic E-state index is 0.710. The highest BCUT2D eigenvalue weighted by atomic mass is 35.5. The number of aryl methyl sites for hydroxylation is 2. The highest BCUT2D eigenvalue weighted by Crippen LogP contribution is 2.17. The molecule has 5 heteroatoms. The Kier molecular flexibility index (Phi) is 2.00. The summed E-state index contributed by atoms with van der Waals surface area (Å²) in [6.07, 6.45) is 0. The molecule has 0 amide bonds. The molecular formula is C9H11ClN4. The average Bonchev–Trinajstić information content (AvgIpc) is 2.39. The Morgan fingerprint density at radius 1 is 1.21 bits per heavy atom. The lowest BCUT2D eigenvalue weighted by atomic mass is 10.3. The van der Waals surface area contributed by atoms with E-state index in [9.17, 15) is 0 Å². The molecule has 0 unspecified atom stereocenters. The van der Waals surface area contributed by atoms with E-state index in [0.717, 1.165) is 11.0 Å². The summed E-state index contributed by atoms with van der Waals surface area (Å²) in [4.78, 5) is 0. The van der Waals surface area contributed by atoms with Crippen LogP contribution in [0, 0.1) is 0 Å². The van der Waals surface area contributed by atoms with E-state index in [0.29, 0.717) is 10.6 Å². The summed E-state index contributed by atoms with van der Waals surface area (Å²) < 4.78 is 3.83. The third-order valence-corrected chi connectivity index (χ3v) is 2.61. The highest BCUT2D eigenvalue weighted by Gasteiger charge is 2.05. The first-order valence-corrected chi connectivity index (χ1v) is 4.58. The molecule has 4 nitrogen and oxygen atoms in total. The van der Waals surface area contributed by atoms with Gasteiger partial charge in [0, 0.05) is 19.1 Å². The van der Waals surface area contributed by atoms with Gasteiger partial charge in [-0.25, -0.2) is 0 Å². The second-order valence-corrected chi connectivity index (χ2v) is 3.62. The van der Waals surface area contributed by atoms with Crippen LogP contribution in [0.4, 0.5) is 0 Å². The average molecular weight is 211 g/mol. The van der Waals surface area contributed by atoms with Gasteiger partial charge in [-0.3, -0.25) is 0 Å². The van der Waals surface area contributed by atoms with Gasteiger partial charge in [-0.15, -0.1) is 5.10 Å².